The van der Waals surface area contributed by atoms with Crippen molar-refractivity contribution < 1.29 is 4.74 Å². The molecule has 2 aliphatic rings. The van der Waals surface area contributed by atoms with Gasteiger partial charge >= 0.3 is 0 Å². The van der Waals surface area contributed by atoms with Gasteiger partial charge in [0.25, 0.3) is 0 Å². The highest BCUT2D eigenvalue weighted by Gasteiger charge is 2.47. The summed E-state index contributed by atoms with van der Waals surface area (Å²) in [6.45, 7) is 6.73. The molecular weight excluding hydrogens is 186 g/mol. The summed E-state index contributed by atoms with van der Waals surface area (Å²) in [4.78, 5) is 0. The van der Waals surface area contributed by atoms with Crippen molar-refractivity contribution in [2.45, 2.75) is 64.5 Å². The van der Waals surface area contributed by atoms with Gasteiger partial charge in [0.05, 0.1) is 6.10 Å². The van der Waals surface area contributed by atoms with E-state index in [-0.39, 0.29) is 0 Å². The second-order valence-corrected chi connectivity index (χ2v) is 5.26. The van der Waals surface area contributed by atoms with Crippen molar-refractivity contribution in [2.75, 3.05) is 13.2 Å². The van der Waals surface area contributed by atoms with Crippen LogP contribution in [0.4, 0.5) is 0 Å². The monoisotopic (exact) mass is 211 g/mol. The summed E-state index contributed by atoms with van der Waals surface area (Å²) in [5, 5.41) is 3.74. The van der Waals surface area contributed by atoms with Gasteiger partial charge in [0, 0.05) is 24.6 Å². The fourth-order valence-corrected chi connectivity index (χ4v) is 3.27. The van der Waals surface area contributed by atoms with Crippen LogP contribution in [0.1, 0.15) is 52.4 Å². The van der Waals surface area contributed by atoms with Crippen LogP contribution in [0.2, 0.25) is 0 Å². The minimum atomic E-state index is 0.503. The van der Waals surface area contributed by atoms with E-state index in [1.54, 1.807) is 0 Å². The molecule has 2 fully saturated rings. The van der Waals surface area contributed by atoms with E-state index in [1.807, 2.05) is 0 Å². The molecule has 1 saturated heterocycles. The van der Waals surface area contributed by atoms with Crippen LogP contribution in [0.5, 0.6) is 0 Å². The maximum absolute atomic E-state index is 5.84. The fraction of sp³-hybridized carbons (Fsp3) is 1.00. The first-order valence-electron chi connectivity index (χ1n) is 6.65. The molecule has 15 heavy (non-hydrogen) atoms. The van der Waals surface area contributed by atoms with Crippen LogP contribution >= 0.6 is 0 Å². The Morgan fingerprint density at radius 2 is 2.13 bits per heavy atom. The summed E-state index contributed by atoms with van der Waals surface area (Å²) in [6, 6.07) is 0.709. The molecule has 0 bridgehead atoms. The van der Waals surface area contributed by atoms with Crippen LogP contribution in [0.15, 0.2) is 0 Å². The van der Waals surface area contributed by atoms with Crippen LogP contribution < -0.4 is 5.32 Å². The lowest BCUT2D eigenvalue weighted by atomic mass is 9.82. The molecule has 2 heteroatoms. The molecule has 0 unspecified atom stereocenters. The fourth-order valence-electron chi connectivity index (χ4n) is 3.27. The smallest absolute Gasteiger partial charge is 0.0644 e. The average molecular weight is 211 g/mol. The normalized spacial score (nSPS) is 35.0. The molecule has 1 saturated carbocycles. The van der Waals surface area contributed by atoms with Gasteiger partial charge in [-0.3, -0.25) is 0 Å². The van der Waals surface area contributed by atoms with Crippen molar-refractivity contribution in [1.82, 2.24) is 5.32 Å². The summed E-state index contributed by atoms with van der Waals surface area (Å²) in [5.74, 6) is 0. The van der Waals surface area contributed by atoms with E-state index in [2.05, 4.69) is 19.2 Å². The standard InChI is InChI=1S/C13H25NO/c1-3-11(4-2)14-10-13-7-5-6-12(13)15-9-8-13/h11-12,14H,3-10H2,1-2H3/t12-,13-/m1/s1. The summed E-state index contributed by atoms with van der Waals surface area (Å²) in [7, 11) is 0. The molecule has 0 spiro atoms. The van der Waals surface area contributed by atoms with Crippen LogP contribution in [0.25, 0.3) is 0 Å². The third-order valence-electron chi connectivity index (χ3n) is 4.47. The topological polar surface area (TPSA) is 21.3 Å². The Morgan fingerprint density at radius 3 is 2.87 bits per heavy atom. The van der Waals surface area contributed by atoms with Gasteiger partial charge in [-0.1, -0.05) is 20.3 Å². The Balaban J connectivity index is 1.87. The predicted octanol–water partition coefficient (Wildman–Crippen LogP) is 2.72. The Hall–Kier alpha value is -0.0800. The third kappa shape index (κ3) is 2.21. The zero-order valence-corrected chi connectivity index (χ0v) is 10.2. The number of fused-ring (bicyclic) bond motifs is 1. The first-order valence-corrected chi connectivity index (χ1v) is 6.65. The average Bonchev–Trinajstić information content (AvgIpc) is 2.78. The minimum absolute atomic E-state index is 0.503. The highest BCUT2D eigenvalue weighted by molar-refractivity contribution is 4.98. The first-order chi connectivity index (χ1) is 7.30. The number of rotatable bonds is 5. The highest BCUT2D eigenvalue weighted by atomic mass is 16.5. The van der Waals surface area contributed by atoms with E-state index >= 15 is 0 Å². The lowest BCUT2D eigenvalue weighted by molar-refractivity contribution is 0.0685. The predicted molar refractivity (Wildman–Crippen MR) is 63.0 cm³/mol. The molecule has 2 atom stereocenters. The van der Waals surface area contributed by atoms with E-state index in [1.165, 1.54) is 45.1 Å². The maximum Gasteiger partial charge on any atom is 0.0644 e. The number of ether oxygens (including phenoxy) is 1. The van der Waals surface area contributed by atoms with Crippen LogP contribution in [0, 0.1) is 5.41 Å². The molecule has 1 aliphatic carbocycles. The second-order valence-electron chi connectivity index (χ2n) is 5.26. The van der Waals surface area contributed by atoms with Gasteiger partial charge in [-0.15, -0.1) is 0 Å². The number of nitrogens with one attached hydrogen (secondary N) is 1. The lowest BCUT2D eigenvalue weighted by Gasteiger charge is -2.30. The van der Waals surface area contributed by atoms with Crippen molar-refractivity contribution in [3.05, 3.63) is 0 Å². The van der Waals surface area contributed by atoms with E-state index in [4.69, 9.17) is 4.74 Å². The van der Waals surface area contributed by atoms with Crippen molar-refractivity contribution in [3.8, 4) is 0 Å². The molecule has 2 nitrogen and oxygen atoms in total. The van der Waals surface area contributed by atoms with Gasteiger partial charge in [0.2, 0.25) is 0 Å². The molecule has 2 rings (SSSR count). The van der Waals surface area contributed by atoms with Gasteiger partial charge in [-0.25, -0.2) is 0 Å². The van der Waals surface area contributed by atoms with Crippen molar-refractivity contribution in [3.63, 3.8) is 0 Å². The molecule has 88 valence electrons. The minimum Gasteiger partial charge on any atom is -0.378 e. The second kappa shape index (κ2) is 4.84. The molecular formula is C13H25NO. The third-order valence-corrected chi connectivity index (χ3v) is 4.47. The molecule has 0 aromatic heterocycles. The molecule has 1 heterocycles. The van der Waals surface area contributed by atoms with Crippen molar-refractivity contribution in [1.29, 1.82) is 0 Å². The van der Waals surface area contributed by atoms with Crippen LogP contribution in [-0.4, -0.2) is 25.3 Å². The zero-order valence-electron chi connectivity index (χ0n) is 10.2. The van der Waals surface area contributed by atoms with Gasteiger partial charge < -0.3 is 10.1 Å². The molecule has 0 aromatic rings. The summed E-state index contributed by atoms with van der Waals surface area (Å²) in [5.41, 5.74) is 0.503. The Labute approximate surface area is 93.8 Å². The zero-order chi connectivity index (χ0) is 10.7. The van der Waals surface area contributed by atoms with Crippen LogP contribution in [-0.2, 0) is 4.74 Å². The molecule has 0 aromatic carbocycles. The summed E-state index contributed by atoms with van der Waals surface area (Å²) >= 11 is 0. The SMILES string of the molecule is CCC(CC)NC[C@]12CCC[C@H]1OCC2. The van der Waals surface area contributed by atoms with E-state index < -0.39 is 0 Å². The lowest BCUT2D eigenvalue weighted by Crippen LogP contribution is -2.41. The number of hydrogen-bond acceptors (Lipinski definition) is 2. The van der Waals surface area contributed by atoms with Crippen molar-refractivity contribution >= 4 is 0 Å². The Morgan fingerprint density at radius 1 is 1.33 bits per heavy atom. The molecule has 0 amide bonds. The van der Waals surface area contributed by atoms with E-state index in [9.17, 15) is 0 Å². The van der Waals surface area contributed by atoms with E-state index in [0.717, 1.165) is 6.61 Å². The molecule has 1 aliphatic heterocycles. The van der Waals surface area contributed by atoms with Crippen LogP contribution in [0.3, 0.4) is 0 Å². The maximum atomic E-state index is 5.84. The Bertz CT molecular complexity index is 191. The van der Waals surface area contributed by atoms with Gasteiger partial charge in [0.1, 0.15) is 0 Å². The highest BCUT2D eigenvalue weighted by Crippen LogP contribution is 2.46. The number of hydrogen-bond donors (Lipinski definition) is 1. The summed E-state index contributed by atoms with van der Waals surface area (Å²) < 4.78 is 5.84. The van der Waals surface area contributed by atoms with Gasteiger partial charge in [-0.2, -0.15) is 0 Å². The van der Waals surface area contributed by atoms with Gasteiger partial charge in [0.15, 0.2) is 0 Å². The molecule has 1 N–H and O–H groups in total. The first kappa shape index (κ1) is 11.4. The van der Waals surface area contributed by atoms with E-state index in [0.29, 0.717) is 17.6 Å². The Kier molecular flexibility index (Phi) is 3.68. The van der Waals surface area contributed by atoms with Crippen molar-refractivity contribution in [2.24, 2.45) is 5.41 Å². The largest absolute Gasteiger partial charge is 0.378 e. The quantitative estimate of drug-likeness (QED) is 0.755. The summed E-state index contributed by atoms with van der Waals surface area (Å²) in [6.07, 6.45) is 8.39. The molecule has 0 radical (unpaired) electrons. The van der Waals surface area contributed by atoms with Gasteiger partial charge in [-0.05, 0) is 32.1 Å².